The van der Waals surface area contributed by atoms with Crippen LogP contribution in [0.4, 0.5) is 19.6 Å². The summed E-state index contributed by atoms with van der Waals surface area (Å²) in [6, 6.07) is 8.94. The predicted octanol–water partition coefficient (Wildman–Crippen LogP) is 4.72. The van der Waals surface area contributed by atoms with Crippen LogP contribution in [0.25, 0.3) is 10.4 Å². The number of hydrogen-bond acceptors (Lipinski definition) is 5. The van der Waals surface area contributed by atoms with Crippen molar-refractivity contribution in [1.29, 1.82) is 0 Å². The fraction of sp³-hybridized carbons (Fsp3) is 0.238. The summed E-state index contributed by atoms with van der Waals surface area (Å²) < 4.78 is 29.4. The number of nitrogens with two attached hydrogens (primary N) is 1. The van der Waals surface area contributed by atoms with Gasteiger partial charge in [0.2, 0.25) is 0 Å². The average molecular weight is 417 g/mol. The van der Waals surface area contributed by atoms with Crippen molar-refractivity contribution in [3.63, 3.8) is 0 Å². The normalized spacial score (nSPS) is 11.5. The van der Waals surface area contributed by atoms with Crippen LogP contribution in [0.1, 0.15) is 42.4 Å². The number of hydrogen-bond donors (Lipinski definition) is 3. The Morgan fingerprint density at radius 2 is 1.90 bits per heavy atom. The molecule has 2 aromatic heterocycles. The zero-order chi connectivity index (χ0) is 21.3. The van der Waals surface area contributed by atoms with Crippen molar-refractivity contribution in [3.05, 3.63) is 64.9 Å². The number of benzene rings is 1. The smallest absolute Gasteiger partial charge is 0.251 e. The number of thiophene rings is 1. The van der Waals surface area contributed by atoms with Gasteiger partial charge in [0, 0.05) is 10.6 Å². The van der Waals surface area contributed by atoms with E-state index in [4.69, 9.17) is 5.73 Å². The number of nitrogens with zero attached hydrogens (tertiary/aromatic N) is 1. The molecule has 0 spiro atoms. The fourth-order valence-electron chi connectivity index (χ4n) is 2.81. The molecule has 0 saturated heterocycles. The van der Waals surface area contributed by atoms with Gasteiger partial charge in [0.15, 0.2) is 0 Å². The molecule has 3 rings (SSSR count). The maximum atomic E-state index is 14.7. The summed E-state index contributed by atoms with van der Waals surface area (Å²) in [4.78, 5) is 16.5. The Kier molecular flexibility index (Phi) is 5.68. The van der Waals surface area contributed by atoms with Crippen LogP contribution in [0.5, 0.6) is 0 Å². The number of amides is 1. The number of pyridine rings is 1. The summed E-state index contributed by atoms with van der Waals surface area (Å²) in [7, 11) is 0. The summed E-state index contributed by atoms with van der Waals surface area (Å²) in [6.07, 6.45) is 0.734. The Bertz CT molecular complexity index is 1050. The molecule has 152 valence electrons. The van der Waals surface area contributed by atoms with Crippen molar-refractivity contribution in [3.8, 4) is 10.4 Å². The highest BCUT2D eigenvalue weighted by atomic mass is 32.1. The molecule has 0 fully saturated rings. The van der Waals surface area contributed by atoms with E-state index in [-0.39, 0.29) is 21.6 Å². The van der Waals surface area contributed by atoms with Gasteiger partial charge in [-0.25, -0.2) is 13.8 Å². The van der Waals surface area contributed by atoms with Crippen LogP contribution in [-0.2, 0) is 12.0 Å². The highest BCUT2D eigenvalue weighted by Gasteiger charge is 2.24. The van der Waals surface area contributed by atoms with E-state index in [0.717, 1.165) is 35.6 Å². The van der Waals surface area contributed by atoms with Crippen LogP contribution < -0.4 is 11.1 Å². The van der Waals surface area contributed by atoms with Crippen molar-refractivity contribution < 1.29 is 18.7 Å². The van der Waals surface area contributed by atoms with Crippen molar-refractivity contribution in [2.24, 2.45) is 5.73 Å². The van der Waals surface area contributed by atoms with Crippen LogP contribution in [0, 0.1) is 11.6 Å². The van der Waals surface area contributed by atoms with Gasteiger partial charge < -0.3 is 16.2 Å². The van der Waals surface area contributed by atoms with Gasteiger partial charge in [0.05, 0.1) is 16.7 Å². The number of carbonyl (C=O) groups excluding carboxylic acids is 1. The van der Waals surface area contributed by atoms with Gasteiger partial charge in [0.25, 0.3) is 5.91 Å². The lowest BCUT2D eigenvalue weighted by Crippen LogP contribution is -2.16. The summed E-state index contributed by atoms with van der Waals surface area (Å²) in [6.45, 7) is 4.85. The molecule has 29 heavy (non-hydrogen) atoms. The minimum atomic E-state index is -1.39. The molecule has 0 atom stereocenters. The summed E-state index contributed by atoms with van der Waals surface area (Å²) in [5, 5.41) is 13.4. The molecule has 1 amide bonds. The molecule has 0 saturated carbocycles. The molecule has 5 nitrogen and oxygen atoms in total. The number of aliphatic hydroxyl groups is 1. The van der Waals surface area contributed by atoms with Crippen LogP contribution in [0.15, 0.2) is 36.4 Å². The Labute approximate surface area is 171 Å². The highest BCUT2D eigenvalue weighted by Crippen LogP contribution is 2.40. The summed E-state index contributed by atoms with van der Waals surface area (Å²) in [5.41, 5.74) is 4.86. The van der Waals surface area contributed by atoms with Crippen molar-refractivity contribution in [2.75, 3.05) is 5.32 Å². The number of halogens is 2. The molecule has 4 N–H and O–H groups in total. The lowest BCUT2D eigenvalue weighted by atomic mass is 9.96. The Hall–Kier alpha value is -2.84. The van der Waals surface area contributed by atoms with Gasteiger partial charge in [-0.05, 0) is 56.2 Å². The van der Waals surface area contributed by atoms with Gasteiger partial charge in [-0.2, -0.15) is 0 Å². The molecule has 3 aromatic rings. The number of nitrogens with one attached hydrogen (secondary N) is 1. The standard InChI is InChI=1S/C21H21F2N3O2S/c1-4-12-6-5-7-17(25-12)26-20-13(19(24)27)10-16(29-20)18-14(22)8-11(9-15(18)23)21(2,3)28/h5-10,28H,4H2,1-3H3,(H2,24,27)(H,25,26). The molecule has 0 aliphatic carbocycles. The first kappa shape index (κ1) is 20.9. The van der Waals surface area contributed by atoms with Gasteiger partial charge in [-0.15, -0.1) is 11.3 Å². The van der Waals surface area contributed by atoms with Gasteiger partial charge in [-0.3, -0.25) is 4.79 Å². The first-order chi connectivity index (χ1) is 13.6. The number of aryl methyl sites for hydroxylation is 1. The summed E-state index contributed by atoms with van der Waals surface area (Å²) in [5.74, 6) is -1.90. The molecular weight excluding hydrogens is 396 g/mol. The number of rotatable bonds is 6. The zero-order valence-corrected chi connectivity index (χ0v) is 17.0. The van der Waals surface area contributed by atoms with E-state index in [1.54, 1.807) is 6.07 Å². The molecule has 0 aliphatic heterocycles. The average Bonchev–Trinajstić information content (AvgIpc) is 3.04. The Balaban J connectivity index is 2.06. The molecule has 0 bridgehead atoms. The molecule has 0 radical (unpaired) electrons. The number of aromatic nitrogens is 1. The second-order valence-electron chi connectivity index (χ2n) is 7.08. The van der Waals surface area contributed by atoms with Crippen LogP contribution in [0.3, 0.4) is 0 Å². The van der Waals surface area contributed by atoms with Crippen LogP contribution >= 0.6 is 11.3 Å². The van der Waals surface area contributed by atoms with E-state index in [0.29, 0.717) is 10.8 Å². The highest BCUT2D eigenvalue weighted by molar-refractivity contribution is 7.20. The number of primary amides is 1. The van der Waals surface area contributed by atoms with E-state index in [9.17, 15) is 18.7 Å². The van der Waals surface area contributed by atoms with E-state index >= 15 is 0 Å². The second kappa shape index (κ2) is 7.88. The maximum Gasteiger partial charge on any atom is 0.251 e. The van der Waals surface area contributed by atoms with E-state index in [1.807, 2.05) is 19.1 Å². The minimum absolute atomic E-state index is 0.110. The first-order valence-corrected chi connectivity index (χ1v) is 9.80. The van der Waals surface area contributed by atoms with Gasteiger partial charge in [0.1, 0.15) is 22.5 Å². The predicted molar refractivity (Wildman–Crippen MR) is 110 cm³/mol. The quantitative estimate of drug-likeness (QED) is 0.541. The first-order valence-electron chi connectivity index (χ1n) is 8.99. The number of anilines is 2. The third-order valence-electron chi connectivity index (χ3n) is 4.40. The van der Waals surface area contributed by atoms with Crippen LogP contribution in [0.2, 0.25) is 0 Å². The topological polar surface area (TPSA) is 88.2 Å². The Morgan fingerprint density at radius 1 is 1.24 bits per heavy atom. The van der Waals surface area contributed by atoms with Crippen molar-refractivity contribution in [1.82, 2.24) is 4.98 Å². The van der Waals surface area contributed by atoms with Crippen molar-refractivity contribution >= 4 is 28.1 Å². The molecule has 8 heteroatoms. The fourth-order valence-corrected chi connectivity index (χ4v) is 3.93. The third-order valence-corrected chi connectivity index (χ3v) is 5.47. The van der Waals surface area contributed by atoms with E-state index in [1.165, 1.54) is 19.9 Å². The maximum absolute atomic E-state index is 14.7. The van der Waals surface area contributed by atoms with Crippen molar-refractivity contribution in [2.45, 2.75) is 32.8 Å². The van der Waals surface area contributed by atoms with E-state index in [2.05, 4.69) is 10.3 Å². The molecule has 1 aromatic carbocycles. The van der Waals surface area contributed by atoms with Crippen LogP contribution in [-0.4, -0.2) is 16.0 Å². The molecule has 0 unspecified atom stereocenters. The minimum Gasteiger partial charge on any atom is -0.386 e. The molecular formula is C21H21F2N3O2S. The summed E-state index contributed by atoms with van der Waals surface area (Å²) >= 11 is 0.996. The lowest BCUT2D eigenvalue weighted by molar-refractivity contribution is 0.0778. The lowest BCUT2D eigenvalue weighted by Gasteiger charge is -2.18. The molecule has 2 heterocycles. The monoisotopic (exact) mass is 417 g/mol. The number of carbonyl (C=O) groups is 1. The van der Waals surface area contributed by atoms with E-state index < -0.39 is 23.1 Å². The van der Waals surface area contributed by atoms with Gasteiger partial charge in [-0.1, -0.05) is 13.0 Å². The zero-order valence-electron chi connectivity index (χ0n) is 16.2. The third kappa shape index (κ3) is 4.44. The largest absolute Gasteiger partial charge is 0.386 e. The SMILES string of the molecule is CCc1cccc(Nc2sc(-c3c(F)cc(C(C)(C)O)cc3F)cc2C(N)=O)n1. The Morgan fingerprint density at radius 3 is 2.45 bits per heavy atom. The van der Waals surface area contributed by atoms with Gasteiger partial charge >= 0.3 is 0 Å². The molecule has 0 aliphatic rings. The second-order valence-corrected chi connectivity index (χ2v) is 8.14.